The van der Waals surface area contributed by atoms with Crippen molar-refractivity contribution in [2.75, 3.05) is 5.32 Å². The summed E-state index contributed by atoms with van der Waals surface area (Å²) < 4.78 is 26.2. The number of nitrogens with one attached hydrogen (secondary N) is 1. The van der Waals surface area contributed by atoms with E-state index in [9.17, 15) is 13.6 Å². The topological polar surface area (TPSA) is 29.1 Å². The molecule has 2 rings (SSSR count). The Morgan fingerprint density at radius 2 is 1.93 bits per heavy atom. The molecule has 1 aliphatic heterocycles. The van der Waals surface area contributed by atoms with Crippen molar-refractivity contribution in [3.8, 4) is 0 Å². The molecule has 0 fully saturated rings. The molecule has 0 saturated heterocycles. The van der Waals surface area contributed by atoms with Crippen LogP contribution in [0, 0.1) is 11.6 Å². The lowest BCUT2D eigenvalue weighted by molar-refractivity contribution is -0.119. The second-order valence-electron chi connectivity index (χ2n) is 3.89. The van der Waals surface area contributed by atoms with Crippen LogP contribution in [0.15, 0.2) is 12.1 Å². The van der Waals surface area contributed by atoms with E-state index in [1.54, 1.807) is 13.8 Å². The van der Waals surface area contributed by atoms with Gasteiger partial charge in [-0.25, -0.2) is 8.78 Å². The fourth-order valence-corrected chi connectivity index (χ4v) is 1.70. The van der Waals surface area contributed by atoms with Crippen molar-refractivity contribution in [3.05, 3.63) is 29.3 Å². The van der Waals surface area contributed by atoms with Crippen LogP contribution in [0.5, 0.6) is 0 Å². The van der Waals surface area contributed by atoms with Crippen LogP contribution in [0.25, 0.3) is 0 Å². The highest BCUT2D eigenvalue weighted by atomic mass is 19.1. The van der Waals surface area contributed by atoms with Crippen LogP contribution >= 0.6 is 0 Å². The molecule has 14 heavy (non-hydrogen) atoms. The zero-order chi connectivity index (χ0) is 10.5. The molecule has 1 aromatic carbocycles. The minimum atomic E-state index is -0.923. The number of halogens is 2. The average molecular weight is 197 g/mol. The molecule has 0 aliphatic carbocycles. The van der Waals surface area contributed by atoms with Crippen LogP contribution in [0.4, 0.5) is 14.5 Å². The van der Waals surface area contributed by atoms with E-state index in [-0.39, 0.29) is 17.2 Å². The van der Waals surface area contributed by atoms with Crippen LogP contribution in [-0.4, -0.2) is 5.91 Å². The van der Waals surface area contributed by atoms with Gasteiger partial charge in [0.25, 0.3) is 0 Å². The normalized spacial score (nSPS) is 17.9. The first-order valence-corrected chi connectivity index (χ1v) is 4.24. The van der Waals surface area contributed by atoms with Crippen LogP contribution in [-0.2, 0) is 10.2 Å². The number of anilines is 1. The number of benzene rings is 1. The highest BCUT2D eigenvalue weighted by Gasteiger charge is 2.41. The van der Waals surface area contributed by atoms with E-state index in [1.807, 2.05) is 0 Å². The van der Waals surface area contributed by atoms with Crippen LogP contribution in [0.1, 0.15) is 19.4 Å². The number of fused-ring (bicyclic) bond motifs is 1. The van der Waals surface area contributed by atoms with E-state index in [1.165, 1.54) is 0 Å². The summed E-state index contributed by atoms with van der Waals surface area (Å²) in [6.45, 7) is 3.21. The molecule has 0 bridgehead atoms. The van der Waals surface area contributed by atoms with Gasteiger partial charge >= 0.3 is 0 Å². The first-order valence-electron chi connectivity index (χ1n) is 4.24. The first kappa shape index (κ1) is 9.12. The van der Waals surface area contributed by atoms with Crippen molar-refractivity contribution in [3.63, 3.8) is 0 Å². The summed E-state index contributed by atoms with van der Waals surface area (Å²) >= 11 is 0. The third kappa shape index (κ3) is 1.03. The first-order chi connectivity index (χ1) is 6.43. The quantitative estimate of drug-likeness (QED) is 0.678. The molecule has 0 atom stereocenters. The highest BCUT2D eigenvalue weighted by Crippen LogP contribution is 2.39. The molecule has 1 aliphatic rings. The second kappa shape index (κ2) is 2.53. The summed E-state index contributed by atoms with van der Waals surface area (Å²) in [5, 5.41) is 2.45. The lowest BCUT2D eigenvalue weighted by Gasteiger charge is -2.15. The lowest BCUT2D eigenvalue weighted by atomic mass is 9.86. The molecule has 2 nitrogen and oxygen atoms in total. The van der Waals surface area contributed by atoms with E-state index in [0.717, 1.165) is 12.1 Å². The van der Waals surface area contributed by atoms with Gasteiger partial charge in [-0.15, -0.1) is 0 Å². The Morgan fingerprint density at radius 3 is 2.57 bits per heavy atom. The summed E-state index contributed by atoms with van der Waals surface area (Å²) in [6.07, 6.45) is 0. The predicted molar refractivity (Wildman–Crippen MR) is 48.0 cm³/mol. The summed E-state index contributed by atoms with van der Waals surface area (Å²) in [5.74, 6) is -1.67. The molecule has 1 heterocycles. The molecule has 0 aromatic heterocycles. The van der Waals surface area contributed by atoms with Crippen LogP contribution in [0.3, 0.4) is 0 Å². The molecule has 1 amide bonds. The molecular formula is C10H9F2NO. The van der Waals surface area contributed by atoms with Crippen molar-refractivity contribution >= 4 is 11.6 Å². The second-order valence-corrected chi connectivity index (χ2v) is 3.89. The summed E-state index contributed by atoms with van der Waals surface area (Å²) in [5.41, 5.74) is -0.450. The van der Waals surface area contributed by atoms with Gasteiger partial charge in [0.2, 0.25) is 5.91 Å². The van der Waals surface area contributed by atoms with Gasteiger partial charge in [-0.05, 0) is 19.9 Å². The minimum Gasteiger partial charge on any atom is -0.325 e. The van der Waals surface area contributed by atoms with E-state index in [4.69, 9.17) is 0 Å². The highest BCUT2D eigenvalue weighted by molar-refractivity contribution is 6.05. The number of amides is 1. The summed E-state index contributed by atoms with van der Waals surface area (Å²) in [6, 6.07) is 1.92. The maximum absolute atomic E-state index is 13.4. The van der Waals surface area contributed by atoms with E-state index >= 15 is 0 Å². The van der Waals surface area contributed by atoms with Crippen molar-refractivity contribution in [1.29, 1.82) is 0 Å². The molecule has 0 spiro atoms. The van der Waals surface area contributed by atoms with E-state index < -0.39 is 17.0 Å². The Balaban J connectivity index is 2.71. The fourth-order valence-electron chi connectivity index (χ4n) is 1.70. The number of rotatable bonds is 0. The molecule has 1 aromatic rings. The van der Waals surface area contributed by atoms with Gasteiger partial charge in [0.1, 0.15) is 11.6 Å². The summed E-state index contributed by atoms with van der Waals surface area (Å²) in [4.78, 5) is 11.4. The van der Waals surface area contributed by atoms with Crippen molar-refractivity contribution < 1.29 is 13.6 Å². The van der Waals surface area contributed by atoms with Gasteiger partial charge in [-0.2, -0.15) is 0 Å². The zero-order valence-corrected chi connectivity index (χ0v) is 7.82. The van der Waals surface area contributed by atoms with Crippen molar-refractivity contribution in [2.24, 2.45) is 0 Å². The molecule has 0 unspecified atom stereocenters. The van der Waals surface area contributed by atoms with Gasteiger partial charge in [0, 0.05) is 11.6 Å². The maximum Gasteiger partial charge on any atom is 0.234 e. The average Bonchev–Trinajstić information content (AvgIpc) is 2.21. The van der Waals surface area contributed by atoms with Gasteiger partial charge in [0.05, 0.1) is 11.1 Å². The van der Waals surface area contributed by atoms with Gasteiger partial charge in [0.15, 0.2) is 0 Å². The Hall–Kier alpha value is -1.45. The molecular weight excluding hydrogens is 188 g/mol. The molecule has 0 saturated carbocycles. The largest absolute Gasteiger partial charge is 0.325 e. The van der Waals surface area contributed by atoms with Crippen LogP contribution in [0.2, 0.25) is 0 Å². The Bertz CT molecular complexity index is 426. The zero-order valence-electron chi connectivity index (χ0n) is 7.82. The van der Waals surface area contributed by atoms with Gasteiger partial charge in [-0.3, -0.25) is 4.79 Å². The third-order valence-electron chi connectivity index (χ3n) is 2.50. The SMILES string of the molecule is CC1(C)C(=O)Nc2cc(F)cc(F)c21. The molecule has 1 N–H and O–H groups in total. The number of carbonyl (C=O) groups excluding carboxylic acids is 1. The monoisotopic (exact) mass is 197 g/mol. The number of hydrogen-bond acceptors (Lipinski definition) is 1. The molecule has 0 radical (unpaired) electrons. The van der Waals surface area contributed by atoms with Crippen molar-refractivity contribution in [1.82, 2.24) is 0 Å². The predicted octanol–water partition coefficient (Wildman–Crippen LogP) is 2.19. The Morgan fingerprint density at radius 1 is 1.29 bits per heavy atom. The Labute approximate surface area is 79.9 Å². The van der Waals surface area contributed by atoms with Crippen molar-refractivity contribution in [2.45, 2.75) is 19.3 Å². The van der Waals surface area contributed by atoms with E-state index in [2.05, 4.69) is 5.32 Å². The summed E-state index contributed by atoms with van der Waals surface area (Å²) in [7, 11) is 0. The van der Waals surface area contributed by atoms with Gasteiger partial charge < -0.3 is 5.32 Å². The van der Waals surface area contributed by atoms with E-state index in [0.29, 0.717) is 0 Å². The maximum atomic E-state index is 13.4. The number of hydrogen-bond donors (Lipinski definition) is 1. The standard InChI is InChI=1S/C10H9F2NO/c1-10(2)8-6(12)3-5(11)4-7(8)13-9(10)14/h3-4H,1-2H3,(H,13,14). The lowest BCUT2D eigenvalue weighted by Crippen LogP contribution is -2.27. The minimum absolute atomic E-state index is 0.234. The Kier molecular flexibility index (Phi) is 1.65. The molecule has 74 valence electrons. The van der Waals surface area contributed by atoms with Gasteiger partial charge in [-0.1, -0.05) is 0 Å². The van der Waals surface area contributed by atoms with Crippen LogP contribution < -0.4 is 5.32 Å². The fraction of sp³-hybridized carbons (Fsp3) is 0.300. The number of carbonyl (C=O) groups is 1. The smallest absolute Gasteiger partial charge is 0.234 e. The molecule has 4 heteroatoms. The third-order valence-corrected chi connectivity index (χ3v) is 2.50.